The van der Waals surface area contributed by atoms with Gasteiger partial charge in [0, 0.05) is 114 Å². The van der Waals surface area contributed by atoms with E-state index in [0.717, 1.165) is 170 Å². The first-order valence-corrected chi connectivity index (χ1v) is 30.6. The highest BCUT2D eigenvalue weighted by Crippen LogP contribution is 2.52. The molecule has 0 spiro atoms. The molecule has 2 aromatic carbocycles. The molecule has 0 bridgehead atoms. The lowest BCUT2D eigenvalue weighted by atomic mass is 9.75. The molecule has 1 saturated heterocycles. The van der Waals surface area contributed by atoms with Crippen LogP contribution in [0.2, 0.25) is 0 Å². The largest absolute Gasteiger partial charge is 0.382 e. The van der Waals surface area contributed by atoms with Crippen LogP contribution in [0, 0.1) is 30.5 Å². The fourth-order valence-corrected chi connectivity index (χ4v) is 13.7. The number of pyridine rings is 1. The molecule has 4 heterocycles. The highest BCUT2D eigenvalue weighted by molar-refractivity contribution is 5.93. The van der Waals surface area contributed by atoms with Crippen LogP contribution in [-0.4, -0.2) is 89.4 Å². The van der Waals surface area contributed by atoms with Gasteiger partial charge in [0.15, 0.2) is 0 Å². The summed E-state index contributed by atoms with van der Waals surface area (Å²) in [4.78, 5) is 16.7. The lowest BCUT2D eigenvalue weighted by molar-refractivity contribution is 0.316. The van der Waals surface area contributed by atoms with Crippen LogP contribution < -0.4 is 16.0 Å². The zero-order valence-electron chi connectivity index (χ0n) is 51.4. The Balaban J connectivity index is 0.803. The van der Waals surface area contributed by atoms with E-state index in [1.807, 2.05) is 6.92 Å². The number of halogens is 1. The highest BCUT2D eigenvalue weighted by Gasteiger charge is 2.41. The van der Waals surface area contributed by atoms with E-state index in [0.29, 0.717) is 43.9 Å². The maximum atomic E-state index is 15.6. The average Bonchev–Trinajstić information content (AvgIpc) is 4.17. The molecule has 3 aliphatic heterocycles. The predicted molar refractivity (Wildman–Crippen MR) is 345 cm³/mol. The van der Waals surface area contributed by atoms with Gasteiger partial charge in [0.2, 0.25) is 0 Å². The lowest BCUT2D eigenvalue weighted by Crippen LogP contribution is -2.42. The summed E-state index contributed by atoms with van der Waals surface area (Å²) in [5.41, 5.74) is 21.7. The molecule has 0 radical (unpaired) electrons. The number of aromatic nitrogens is 1. The molecule has 4 unspecified atom stereocenters. The van der Waals surface area contributed by atoms with E-state index in [-0.39, 0.29) is 17.9 Å². The molecular weight excluding hydrogens is 1010 g/mol. The number of fused-ring (bicyclic) bond motifs is 4. The number of rotatable bonds is 31. The molecule has 5 aliphatic rings. The fourth-order valence-electron chi connectivity index (χ4n) is 13.7. The molecule has 438 valence electrons. The number of likely N-dealkylation sites (tertiary alicyclic amines) is 1. The van der Waals surface area contributed by atoms with Gasteiger partial charge in [-0.05, 0) is 129 Å². The van der Waals surface area contributed by atoms with Gasteiger partial charge in [0.1, 0.15) is 5.82 Å². The van der Waals surface area contributed by atoms with Gasteiger partial charge in [0.05, 0.1) is 55.2 Å². The van der Waals surface area contributed by atoms with E-state index < -0.39 is 0 Å². The second-order valence-corrected chi connectivity index (χ2v) is 24.3. The first-order valence-electron chi connectivity index (χ1n) is 30.6. The normalized spacial score (nSPS) is 18.5. The smallest absolute Gasteiger partial charge is 0.128 e. The van der Waals surface area contributed by atoms with Crippen molar-refractivity contribution in [1.82, 2.24) is 45.4 Å². The fraction of sp³-hybridized carbons (Fsp3) is 0.458. The van der Waals surface area contributed by atoms with Crippen LogP contribution in [0.1, 0.15) is 144 Å². The Morgan fingerprint density at radius 2 is 1.55 bits per heavy atom. The third-order valence-corrected chi connectivity index (χ3v) is 19.1. The third kappa shape index (κ3) is 13.3. The van der Waals surface area contributed by atoms with Crippen molar-refractivity contribution in [3.8, 4) is 0 Å². The second-order valence-electron chi connectivity index (χ2n) is 24.3. The highest BCUT2D eigenvalue weighted by atomic mass is 19.1. The molecule has 10 heteroatoms. The summed E-state index contributed by atoms with van der Waals surface area (Å²) in [6.07, 6.45) is 17.2. The van der Waals surface area contributed by atoms with Crippen molar-refractivity contribution in [3.63, 3.8) is 0 Å². The van der Waals surface area contributed by atoms with Crippen molar-refractivity contribution in [1.29, 1.82) is 0 Å². The van der Waals surface area contributed by atoms with E-state index in [9.17, 15) is 0 Å². The average molecular weight is 1110 g/mol. The van der Waals surface area contributed by atoms with Crippen LogP contribution in [-0.2, 0) is 19.4 Å². The minimum atomic E-state index is -0.188. The summed E-state index contributed by atoms with van der Waals surface area (Å²) in [6.45, 7) is 58.1. The van der Waals surface area contributed by atoms with E-state index in [1.54, 1.807) is 6.07 Å². The van der Waals surface area contributed by atoms with Crippen molar-refractivity contribution in [2.75, 3.05) is 53.9 Å². The number of allylic oxidation sites excluding steroid dienone is 8. The first kappa shape index (κ1) is 61.1. The Labute approximate surface area is 494 Å². The molecule has 3 N–H and O–H groups in total. The monoisotopic (exact) mass is 1110 g/mol. The standard InChI is InChI=1S/C72H98FN9/c1-18-58(19-2)62-38-50(8)81(56(62)14)37-26-22-23-29-49(7)79(16)44-48(6)74-43-52(10)80(17)68(39-57-30-24-21-25-31-57)54(12)75-42-51(9)78(15)36-27-28-47(5)76-66-35-34-60-53(11)65(73)41-67-70(60)71(66)64-45-82-55(13)61-33-32-46(4)59(20-3)63(61)40-69(82)72(64)77-67/h21,24-25,30-31,40-41,58-59,62,66,68,74-76H,4-10,12-14,18-20,22-23,26-29,32-39,42-45H2,1-3,11,15-17H3. The van der Waals surface area contributed by atoms with Crippen LogP contribution in [0.4, 0.5) is 4.39 Å². The number of aryl methyl sites for hydroxylation is 1. The maximum Gasteiger partial charge on any atom is 0.128 e. The molecule has 3 aromatic rings. The van der Waals surface area contributed by atoms with Crippen molar-refractivity contribution in [2.45, 2.75) is 143 Å². The minimum Gasteiger partial charge on any atom is -0.382 e. The quantitative estimate of drug-likeness (QED) is 0.0432. The Morgan fingerprint density at radius 1 is 0.817 bits per heavy atom. The Hall–Kier alpha value is -6.94. The van der Waals surface area contributed by atoms with Crippen LogP contribution in [0.5, 0.6) is 0 Å². The summed E-state index contributed by atoms with van der Waals surface area (Å²) in [6, 6.07) is 12.2. The van der Waals surface area contributed by atoms with Gasteiger partial charge >= 0.3 is 0 Å². The molecular formula is C72H98FN9. The van der Waals surface area contributed by atoms with Gasteiger partial charge < -0.3 is 40.4 Å². The first-order chi connectivity index (χ1) is 39.3. The van der Waals surface area contributed by atoms with Crippen molar-refractivity contribution in [3.05, 3.63) is 216 Å². The van der Waals surface area contributed by atoms with Crippen molar-refractivity contribution < 1.29 is 4.39 Å². The zero-order chi connectivity index (χ0) is 59.1. The lowest BCUT2D eigenvalue weighted by Gasteiger charge is -2.37. The molecule has 82 heavy (non-hydrogen) atoms. The van der Waals surface area contributed by atoms with Gasteiger partial charge in [-0.1, -0.05) is 142 Å². The number of likely N-dealkylation sites (N-methyl/N-ethyl adjacent to an activating group) is 3. The topological polar surface area (TPSA) is 65.2 Å². The second kappa shape index (κ2) is 27.0. The molecule has 0 saturated carbocycles. The predicted octanol–water partition coefficient (Wildman–Crippen LogP) is 15.4. The zero-order valence-corrected chi connectivity index (χ0v) is 51.4. The Bertz CT molecular complexity index is 3080. The Morgan fingerprint density at radius 3 is 2.27 bits per heavy atom. The maximum absolute atomic E-state index is 15.6. The van der Waals surface area contributed by atoms with Crippen LogP contribution in [0.15, 0.2) is 176 Å². The van der Waals surface area contributed by atoms with Gasteiger partial charge in [-0.15, -0.1) is 0 Å². The molecule has 4 atom stereocenters. The van der Waals surface area contributed by atoms with E-state index in [1.165, 1.54) is 57.6 Å². The van der Waals surface area contributed by atoms with Crippen LogP contribution in [0.3, 0.4) is 0 Å². The molecule has 2 aliphatic carbocycles. The van der Waals surface area contributed by atoms with E-state index in [4.69, 9.17) is 4.98 Å². The number of hydrogen-bond donors (Lipinski definition) is 3. The molecule has 8 rings (SSSR count). The summed E-state index contributed by atoms with van der Waals surface area (Å²) in [7, 11) is 6.31. The number of unbranched alkanes of at least 4 members (excludes halogenated alkanes) is 2. The summed E-state index contributed by atoms with van der Waals surface area (Å²) in [5, 5.41) is 12.2. The van der Waals surface area contributed by atoms with Gasteiger partial charge in [-0.3, -0.25) is 0 Å². The number of hydrogen-bond acceptors (Lipinski definition) is 9. The van der Waals surface area contributed by atoms with E-state index >= 15 is 4.39 Å². The SMILES string of the molecule is C=C(CN(C)C(=C)CCCCCN1C(=C)CC(C(CC)CC)C1=C)NCC(=C)N(C)C(Cc1ccccc1)C(=C)NCC(=C)N(C)CCCC(=C)NC1CCc2c(C)c(F)cc3nc4c(c1c23)CN1C(=C)C2=C(C=C41)C(CC)C(=C)CC2. The number of benzene rings is 2. The van der Waals surface area contributed by atoms with Crippen LogP contribution in [0.25, 0.3) is 16.6 Å². The number of nitrogens with zero attached hydrogens (tertiary/aromatic N) is 6. The Kier molecular flexibility index (Phi) is 20.1. The summed E-state index contributed by atoms with van der Waals surface area (Å²) < 4.78 is 15.6. The third-order valence-electron chi connectivity index (χ3n) is 19.1. The van der Waals surface area contributed by atoms with Crippen molar-refractivity contribution >= 4 is 16.6 Å². The molecule has 1 aromatic heterocycles. The molecule has 9 nitrogen and oxygen atoms in total. The minimum absolute atomic E-state index is 0.0278. The van der Waals surface area contributed by atoms with Gasteiger partial charge in [0.25, 0.3) is 0 Å². The molecule has 1 fully saturated rings. The molecule has 0 amide bonds. The van der Waals surface area contributed by atoms with Crippen LogP contribution >= 0.6 is 0 Å². The van der Waals surface area contributed by atoms with Gasteiger partial charge in [-0.25, -0.2) is 9.37 Å². The summed E-state index contributed by atoms with van der Waals surface area (Å²) in [5.74, 6) is 1.36. The van der Waals surface area contributed by atoms with Crippen molar-refractivity contribution in [2.24, 2.45) is 17.8 Å². The number of nitrogens with one attached hydrogen (secondary N) is 3. The van der Waals surface area contributed by atoms with E-state index in [2.05, 4.69) is 185 Å². The summed E-state index contributed by atoms with van der Waals surface area (Å²) >= 11 is 0. The van der Waals surface area contributed by atoms with Gasteiger partial charge in [-0.2, -0.15) is 0 Å².